The fourth-order valence-electron chi connectivity index (χ4n) is 2.37. The van der Waals surface area contributed by atoms with Crippen LogP contribution in [0.5, 0.6) is 5.75 Å². The van der Waals surface area contributed by atoms with E-state index in [-0.39, 0.29) is 12.0 Å². The molecule has 3 unspecified atom stereocenters. The number of primary amides is 1. The maximum Gasteiger partial charge on any atom is 0.237 e. The van der Waals surface area contributed by atoms with Crippen LogP contribution in [-0.4, -0.2) is 24.6 Å². The van der Waals surface area contributed by atoms with Gasteiger partial charge in [-0.15, -0.1) is 0 Å². The highest BCUT2D eigenvalue weighted by Crippen LogP contribution is 2.30. The first-order chi connectivity index (χ1) is 9.84. The number of rotatable bonds is 8. The number of carbonyl (C=O) groups excluding carboxylic acids is 1. The fraction of sp³-hybridized carbons (Fsp3) is 0.588. The largest absolute Gasteiger partial charge is 0.490 e. The molecule has 0 aromatic heterocycles. The van der Waals surface area contributed by atoms with Crippen LogP contribution >= 0.6 is 0 Å². The number of amides is 1. The summed E-state index contributed by atoms with van der Waals surface area (Å²) in [6, 6.07) is 8.08. The summed E-state index contributed by atoms with van der Waals surface area (Å²) in [5.74, 6) is 0.971. The highest BCUT2D eigenvalue weighted by Gasteiger charge is 2.31. The molecule has 3 atom stereocenters. The van der Waals surface area contributed by atoms with Crippen LogP contribution in [0.1, 0.15) is 52.0 Å². The minimum absolute atomic E-state index is 0.111. The molecule has 1 aromatic rings. The van der Waals surface area contributed by atoms with Gasteiger partial charge in [-0.1, -0.05) is 32.0 Å². The zero-order chi connectivity index (χ0) is 16.0. The Morgan fingerprint density at radius 1 is 1.38 bits per heavy atom. The molecule has 0 fully saturated rings. The van der Waals surface area contributed by atoms with Gasteiger partial charge in [-0.05, 0) is 44.9 Å². The number of para-hydroxylation sites is 1. The van der Waals surface area contributed by atoms with Gasteiger partial charge in [0.05, 0.1) is 11.6 Å². The molecule has 3 N–H and O–H groups in total. The van der Waals surface area contributed by atoms with Crippen molar-refractivity contribution in [3.63, 3.8) is 0 Å². The molecular formula is C17H28N2O2. The lowest BCUT2D eigenvalue weighted by Crippen LogP contribution is -2.53. The van der Waals surface area contributed by atoms with E-state index in [0.717, 1.165) is 12.2 Å². The first-order valence-corrected chi connectivity index (χ1v) is 7.58. The van der Waals surface area contributed by atoms with Gasteiger partial charge < -0.3 is 15.8 Å². The molecule has 1 amide bonds. The second kappa shape index (κ2) is 7.46. The third-order valence-corrected chi connectivity index (χ3v) is 4.18. The first-order valence-electron chi connectivity index (χ1n) is 7.58. The maximum atomic E-state index is 11.6. The standard InChI is InChI=1S/C17H28N2O2/c1-6-12(2)14-9-7-8-10-15(14)21-13(3)11-17(4,19-5)16(18)20/h7-10,12-13,19H,6,11H2,1-5H3,(H2,18,20). The summed E-state index contributed by atoms with van der Waals surface area (Å²) in [4.78, 5) is 11.6. The molecule has 4 nitrogen and oxygen atoms in total. The lowest BCUT2D eigenvalue weighted by atomic mass is 9.94. The summed E-state index contributed by atoms with van der Waals surface area (Å²) in [7, 11) is 1.74. The number of hydrogen-bond donors (Lipinski definition) is 2. The highest BCUT2D eigenvalue weighted by atomic mass is 16.5. The smallest absolute Gasteiger partial charge is 0.237 e. The summed E-state index contributed by atoms with van der Waals surface area (Å²) in [6.07, 6.45) is 1.47. The summed E-state index contributed by atoms with van der Waals surface area (Å²) >= 11 is 0. The fourth-order valence-corrected chi connectivity index (χ4v) is 2.37. The van der Waals surface area contributed by atoms with E-state index in [2.05, 4.69) is 25.2 Å². The average molecular weight is 292 g/mol. The Morgan fingerprint density at radius 3 is 2.52 bits per heavy atom. The van der Waals surface area contributed by atoms with E-state index in [9.17, 15) is 4.79 Å². The first kappa shape index (κ1) is 17.5. The van der Waals surface area contributed by atoms with Gasteiger partial charge >= 0.3 is 0 Å². The Bertz CT molecular complexity index is 476. The van der Waals surface area contributed by atoms with E-state index in [1.807, 2.05) is 25.1 Å². The normalized spacial score (nSPS) is 16.8. The van der Waals surface area contributed by atoms with Crippen molar-refractivity contribution in [2.75, 3.05) is 7.05 Å². The molecule has 1 rings (SSSR count). The second-order valence-electron chi connectivity index (χ2n) is 5.93. The summed E-state index contributed by atoms with van der Waals surface area (Å²) in [5, 5.41) is 2.99. The lowest BCUT2D eigenvalue weighted by molar-refractivity contribution is -0.124. The van der Waals surface area contributed by atoms with Crippen molar-refractivity contribution in [1.82, 2.24) is 5.32 Å². The second-order valence-corrected chi connectivity index (χ2v) is 5.93. The number of carbonyl (C=O) groups is 1. The van der Waals surface area contributed by atoms with Crippen molar-refractivity contribution >= 4 is 5.91 Å². The minimum atomic E-state index is -0.759. The average Bonchev–Trinajstić information content (AvgIpc) is 2.46. The molecule has 0 aliphatic heterocycles. The maximum absolute atomic E-state index is 11.6. The lowest BCUT2D eigenvalue weighted by Gasteiger charge is -2.29. The van der Waals surface area contributed by atoms with Crippen molar-refractivity contribution in [2.24, 2.45) is 5.73 Å². The summed E-state index contributed by atoms with van der Waals surface area (Å²) < 4.78 is 6.07. The summed E-state index contributed by atoms with van der Waals surface area (Å²) in [5.41, 5.74) is 5.91. The predicted molar refractivity (Wildman–Crippen MR) is 86.5 cm³/mol. The molecule has 0 aliphatic carbocycles. The van der Waals surface area contributed by atoms with Crippen molar-refractivity contribution in [2.45, 2.75) is 58.1 Å². The van der Waals surface area contributed by atoms with E-state index in [1.165, 1.54) is 5.56 Å². The van der Waals surface area contributed by atoms with E-state index >= 15 is 0 Å². The van der Waals surface area contributed by atoms with Crippen LogP contribution in [0.25, 0.3) is 0 Å². The molecule has 0 spiro atoms. The number of hydrogen-bond acceptors (Lipinski definition) is 3. The van der Waals surface area contributed by atoms with Gasteiger partial charge in [-0.2, -0.15) is 0 Å². The molecule has 0 heterocycles. The third kappa shape index (κ3) is 4.46. The van der Waals surface area contributed by atoms with Crippen molar-refractivity contribution in [1.29, 1.82) is 0 Å². The van der Waals surface area contributed by atoms with Gasteiger partial charge in [-0.3, -0.25) is 4.79 Å². The van der Waals surface area contributed by atoms with Gasteiger partial charge in [0.2, 0.25) is 5.91 Å². The molecule has 21 heavy (non-hydrogen) atoms. The van der Waals surface area contributed by atoms with Gasteiger partial charge in [0, 0.05) is 6.42 Å². The van der Waals surface area contributed by atoms with Crippen molar-refractivity contribution < 1.29 is 9.53 Å². The Kier molecular flexibility index (Phi) is 6.21. The molecule has 0 bridgehead atoms. The number of nitrogens with two attached hydrogens (primary N) is 1. The van der Waals surface area contributed by atoms with Gasteiger partial charge in [0.15, 0.2) is 0 Å². The van der Waals surface area contributed by atoms with E-state index in [4.69, 9.17) is 10.5 Å². The number of nitrogens with one attached hydrogen (secondary N) is 1. The zero-order valence-electron chi connectivity index (χ0n) is 13.8. The third-order valence-electron chi connectivity index (χ3n) is 4.18. The zero-order valence-corrected chi connectivity index (χ0v) is 13.8. The Hall–Kier alpha value is -1.55. The molecule has 4 heteroatoms. The van der Waals surface area contributed by atoms with Crippen LogP contribution in [0.4, 0.5) is 0 Å². The Labute approximate surface area is 128 Å². The van der Waals surface area contributed by atoms with Crippen LogP contribution < -0.4 is 15.8 Å². The van der Waals surface area contributed by atoms with Gasteiger partial charge in [0.1, 0.15) is 5.75 Å². The minimum Gasteiger partial charge on any atom is -0.490 e. The predicted octanol–water partition coefficient (Wildman–Crippen LogP) is 2.82. The van der Waals surface area contributed by atoms with Gasteiger partial charge in [-0.25, -0.2) is 0 Å². The quantitative estimate of drug-likeness (QED) is 0.774. The Balaban J connectivity index is 2.84. The molecule has 1 aromatic carbocycles. The van der Waals surface area contributed by atoms with Crippen LogP contribution in [0.2, 0.25) is 0 Å². The van der Waals surface area contributed by atoms with E-state index < -0.39 is 5.54 Å². The van der Waals surface area contributed by atoms with Crippen LogP contribution in [0.3, 0.4) is 0 Å². The number of likely N-dealkylation sites (N-methyl/N-ethyl adjacent to an activating group) is 1. The van der Waals surface area contributed by atoms with Crippen molar-refractivity contribution in [3.8, 4) is 5.75 Å². The van der Waals surface area contributed by atoms with Crippen LogP contribution in [0, 0.1) is 0 Å². The molecule has 0 saturated heterocycles. The molecule has 118 valence electrons. The van der Waals surface area contributed by atoms with E-state index in [0.29, 0.717) is 12.3 Å². The van der Waals surface area contributed by atoms with Gasteiger partial charge in [0.25, 0.3) is 0 Å². The van der Waals surface area contributed by atoms with Crippen LogP contribution in [-0.2, 0) is 4.79 Å². The molecule has 0 radical (unpaired) electrons. The van der Waals surface area contributed by atoms with Crippen molar-refractivity contribution in [3.05, 3.63) is 29.8 Å². The monoisotopic (exact) mass is 292 g/mol. The number of ether oxygens (including phenoxy) is 1. The molecule has 0 aliphatic rings. The highest BCUT2D eigenvalue weighted by molar-refractivity contribution is 5.84. The topological polar surface area (TPSA) is 64.3 Å². The molecular weight excluding hydrogens is 264 g/mol. The SMILES string of the molecule is CCC(C)c1ccccc1OC(C)CC(C)(NC)C(N)=O. The summed E-state index contributed by atoms with van der Waals surface area (Å²) in [6.45, 7) is 8.12. The number of benzene rings is 1. The van der Waals surface area contributed by atoms with E-state index in [1.54, 1.807) is 14.0 Å². The van der Waals surface area contributed by atoms with Crippen LogP contribution in [0.15, 0.2) is 24.3 Å². The Morgan fingerprint density at radius 2 is 2.00 bits per heavy atom. The molecule has 0 saturated carbocycles.